The number of hydrogen-bond acceptors (Lipinski definition) is 4. The van der Waals surface area contributed by atoms with E-state index in [1.54, 1.807) is 24.3 Å². The summed E-state index contributed by atoms with van der Waals surface area (Å²) in [4.78, 5) is 49.4. The Bertz CT molecular complexity index is 1060. The number of carbonyl (C=O) groups excluding carboxylic acids is 4. The Morgan fingerprint density at radius 1 is 1.10 bits per heavy atom. The number of urea groups is 1. The van der Waals surface area contributed by atoms with Crippen LogP contribution in [0.15, 0.2) is 42.5 Å². The first-order chi connectivity index (χ1) is 14.6. The van der Waals surface area contributed by atoms with Gasteiger partial charge in [-0.25, -0.2) is 13.6 Å². The predicted molar refractivity (Wildman–Crippen MR) is 107 cm³/mol. The van der Waals surface area contributed by atoms with Crippen molar-refractivity contribution in [1.29, 1.82) is 0 Å². The van der Waals surface area contributed by atoms with Crippen molar-refractivity contribution in [2.24, 2.45) is 0 Å². The van der Waals surface area contributed by atoms with Gasteiger partial charge in [-0.15, -0.1) is 0 Å². The highest BCUT2D eigenvalue weighted by molar-refractivity contribution is 6.11. The number of amides is 4. The molecule has 0 radical (unpaired) electrons. The molecule has 3 rings (SSSR count). The monoisotopic (exact) mass is 429 g/mol. The number of nitrogens with one attached hydrogen (secondary N) is 2. The Balaban J connectivity index is 1.72. The molecule has 1 fully saturated rings. The summed E-state index contributed by atoms with van der Waals surface area (Å²) in [6, 6.07) is 8.32. The number of hydrogen-bond donors (Lipinski definition) is 2. The lowest BCUT2D eigenvalue weighted by Crippen LogP contribution is -2.42. The molecule has 31 heavy (non-hydrogen) atoms. The zero-order valence-electron chi connectivity index (χ0n) is 17.0. The fourth-order valence-electron chi connectivity index (χ4n) is 3.38. The normalized spacial score (nSPS) is 18.1. The molecule has 0 bridgehead atoms. The number of ketones is 1. The molecule has 2 N–H and O–H groups in total. The van der Waals surface area contributed by atoms with Gasteiger partial charge in [-0.2, -0.15) is 0 Å². The lowest BCUT2D eigenvalue weighted by molar-refractivity contribution is -0.130. The van der Waals surface area contributed by atoms with Gasteiger partial charge in [-0.3, -0.25) is 19.3 Å². The Hall–Kier alpha value is -3.62. The number of imide groups is 1. The van der Waals surface area contributed by atoms with Crippen LogP contribution in [0, 0.1) is 11.6 Å². The van der Waals surface area contributed by atoms with Crippen molar-refractivity contribution in [3.8, 4) is 0 Å². The Labute approximate surface area is 177 Å². The highest BCUT2D eigenvalue weighted by atomic mass is 19.1. The molecule has 1 atom stereocenters. The van der Waals surface area contributed by atoms with Gasteiger partial charge in [0.15, 0.2) is 5.78 Å². The first kappa shape index (κ1) is 22.1. The second kappa shape index (κ2) is 8.63. The first-order valence-corrected chi connectivity index (χ1v) is 9.58. The Morgan fingerprint density at radius 3 is 2.42 bits per heavy atom. The molecule has 0 aromatic heterocycles. The minimum Gasteiger partial charge on any atom is -0.356 e. The molecule has 1 unspecified atom stereocenters. The average Bonchev–Trinajstić information content (AvgIpc) is 2.93. The summed E-state index contributed by atoms with van der Waals surface area (Å²) in [6.45, 7) is 2.60. The first-order valence-electron chi connectivity index (χ1n) is 9.58. The van der Waals surface area contributed by atoms with Crippen molar-refractivity contribution in [2.75, 3.05) is 13.1 Å². The Kier molecular flexibility index (Phi) is 6.14. The molecule has 1 aliphatic rings. The summed E-state index contributed by atoms with van der Waals surface area (Å²) < 4.78 is 27.8. The lowest BCUT2D eigenvalue weighted by atomic mass is 9.91. The van der Waals surface area contributed by atoms with E-state index in [1.807, 2.05) is 0 Å². The van der Waals surface area contributed by atoms with Gasteiger partial charge < -0.3 is 10.6 Å². The van der Waals surface area contributed by atoms with Gasteiger partial charge in [0, 0.05) is 24.6 Å². The highest BCUT2D eigenvalue weighted by Crippen LogP contribution is 2.31. The van der Waals surface area contributed by atoms with Crippen LogP contribution in [0.2, 0.25) is 0 Å². The average molecular weight is 429 g/mol. The van der Waals surface area contributed by atoms with E-state index < -0.39 is 41.4 Å². The predicted octanol–water partition coefficient (Wildman–Crippen LogP) is 2.29. The molecule has 1 aliphatic heterocycles. The fourth-order valence-corrected chi connectivity index (χ4v) is 3.38. The van der Waals surface area contributed by atoms with Crippen molar-refractivity contribution >= 4 is 23.6 Å². The third-order valence-corrected chi connectivity index (χ3v) is 5.11. The molecule has 0 saturated carbocycles. The van der Waals surface area contributed by atoms with Crippen molar-refractivity contribution in [1.82, 2.24) is 15.5 Å². The third-order valence-electron chi connectivity index (χ3n) is 5.11. The van der Waals surface area contributed by atoms with E-state index in [2.05, 4.69) is 10.6 Å². The van der Waals surface area contributed by atoms with Crippen LogP contribution >= 0.6 is 0 Å². The Morgan fingerprint density at radius 2 is 1.77 bits per heavy atom. The van der Waals surface area contributed by atoms with Crippen LogP contribution in [-0.4, -0.2) is 41.6 Å². The lowest BCUT2D eigenvalue weighted by Gasteiger charge is -2.22. The van der Waals surface area contributed by atoms with Crippen LogP contribution in [0.25, 0.3) is 0 Å². The zero-order chi connectivity index (χ0) is 22.8. The van der Waals surface area contributed by atoms with E-state index in [0.29, 0.717) is 17.9 Å². The summed E-state index contributed by atoms with van der Waals surface area (Å²) in [5.74, 6) is -3.07. The number of halogens is 2. The zero-order valence-corrected chi connectivity index (χ0v) is 17.0. The summed E-state index contributed by atoms with van der Waals surface area (Å²) in [7, 11) is 0. The molecule has 0 spiro atoms. The summed E-state index contributed by atoms with van der Waals surface area (Å²) in [6.07, 6.45) is 0.582. The van der Waals surface area contributed by atoms with Crippen LogP contribution in [0.4, 0.5) is 13.6 Å². The van der Waals surface area contributed by atoms with E-state index in [1.165, 1.54) is 13.8 Å². The minimum absolute atomic E-state index is 0.134. The summed E-state index contributed by atoms with van der Waals surface area (Å²) in [5.41, 5.74) is -0.954. The molecule has 1 saturated heterocycles. The number of carbonyl (C=O) groups is 4. The van der Waals surface area contributed by atoms with Gasteiger partial charge in [0.05, 0.1) is 6.54 Å². The second-order valence-electron chi connectivity index (χ2n) is 7.42. The van der Waals surface area contributed by atoms with Gasteiger partial charge >= 0.3 is 6.03 Å². The molecule has 162 valence electrons. The molecule has 9 heteroatoms. The van der Waals surface area contributed by atoms with Crippen molar-refractivity contribution in [3.63, 3.8) is 0 Å². The van der Waals surface area contributed by atoms with Crippen LogP contribution in [0.5, 0.6) is 0 Å². The number of nitrogens with zero attached hydrogens (tertiary/aromatic N) is 1. The van der Waals surface area contributed by atoms with Gasteiger partial charge in [0.25, 0.3) is 5.91 Å². The third kappa shape index (κ3) is 4.60. The van der Waals surface area contributed by atoms with Crippen molar-refractivity contribution in [3.05, 3.63) is 70.8 Å². The second-order valence-corrected chi connectivity index (χ2v) is 7.42. The number of Topliss-reactive ketones (excluding diaryl/α,β-unsaturated/α-hetero) is 1. The molecular formula is C22H21F2N3O4. The minimum atomic E-state index is -1.82. The van der Waals surface area contributed by atoms with E-state index in [4.69, 9.17) is 0 Å². The molecule has 0 aliphatic carbocycles. The quantitative estimate of drug-likeness (QED) is 0.522. The molecule has 7 nitrogen and oxygen atoms in total. The maximum absolute atomic E-state index is 14.2. The van der Waals surface area contributed by atoms with Gasteiger partial charge in [0.2, 0.25) is 5.91 Å². The van der Waals surface area contributed by atoms with Crippen LogP contribution in [-0.2, 0) is 21.5 Å². The smallest absolute Gasteiger partial charge is 0.325 e. The van der Waals surface area contributed by atoms with Gasteiger partial charge in [0.1, 0.15) is 17.2 Å². The standard InChI is InChI=1S/C22H21F2N3O4/c1-13(28)25-10-9-14-3-5-15(6-4-14)19(29)12-27-20(30)22(2,26-21(27)31)17-11-16(23)7-8-18(17)24/h3-8,11H,9-10,12H2,1-2H3,(H,25,28)(H,26,31). The molecule has 4 amide bonds. The van der Waals surface area contributed by atoms with E-state index >= 15 is 0 Å². The van der Waals surface area contributed by atoms with E-state index in [-0.39, 0.29) is 17.0 Å². The van der Waals surface area contributed by atoms with E-state index in [0.717, 1.165) is 23.8 Å². The van der Waals surface area contributed by atoms with Crippen molar-refractivity contribution in [2.45, 2.75) is 25.8 Å². The van der Waals surface area contributed by atoms with Crippen LogP contribution < -0.4 is 10.6 Å². The number of benzene rings is 2. The SMILES string of the molecule is CC(=O)NCCc1ccc(C(=O)CN2C(=O)NC(C)(c3cc(F)ccc3F)C2=O)cc1. The maximum atomic E-state index is 14.2. The fraction of sp³-hybridized carbons (Fsp3) is 0.273. The van der Waals surface area contributed by atoms with Gasteiger partial charge in [-0.05, 0) is 37.1 Å². The van der Waals surface area contributed by atoms with E-state index in [9.17, 15) is 28.0 Å². The molecule has 2 aromatic rings. The maximum Gasteiger partial charge on any atom is 0.325 e. The number of rotatable bonds is 7. The topological polar surface area (TPSA) is 95.6 Å². The molecule has 2 aromatic carbocycles. The summed E-state index contributed by atoms with van der Waals surface area (Å²) in [5, 5.41) is 5.03. The largest absolute Gasteiger partial charge is 0.356 e. The highest BCUT2D eigenvalue weighted by Gasteiger charge is 2.50. The van der Waals surface area contributed by atoms with Crippen LogP contribution in [0.3, 0.4) is 0 Å². The summed E-state index contributed by atoms with van der Waals surface area (Å²) >= 11 is 0. The molecule has 1 heterocycles. The van der Waals surface area contributed by atoms with Crippen molar-refractivity contribution < 1.29 is 28.0 Å². The van der Waals surface area contributed by atoms with Gasteiger partial charge in [-0.1, -0.05) is 24.3 Å². The van der Waals surface area contributed by atoms with Crippen LogP contribution in [0.1, 0.15) is 35.3 Å². The molecular weight excluding hydrogens is 408 g/mol.